The largest absolute Gasteiger partial charge is 0.467 e. The van der Waals surface area contributed by atoms with Crippen LogP contribution in [0.3, 0.4) is 0 Å². The summed E-state index contributed by atoms with van der Waals surface area (Å²) in [6.07, 6.45) is 2.95. The van der Waals surface area contributed by atoms with Gasteiger partial charge in [-0.3, -0.25) is 0 Å². The molecule has 0 aromatic heterocycles. The van der Waals surface area contributed by atoms with Crippen LogP contribution in [0.5, 0.6) is 0 Å². The highest BCUT2D eigenvalue weighted by molar-refractivity contribution is 7.89. The van der Waals surface area contributed by atoms with Crippen LogP contribution >= 0.6 is 0 Å². The van der Waals surface area contributed by atoms with Crippen LogP contribution in [0.2, 0.25) is 0 Å². The summed E-state index contributed by atoms with van der Waals surface area (Å²) in [5.41, 5.74) is 1.17. The lowest BCUT2D eigenvalue weighted by Gasteiger charge is -2.49. The molecule has 2 rings (SSSR count). The van der Waals surface area contributed by atoms with E-state index in [4.69, 9.17) is 14.6 Å². The summed E-state index contributed by atoms with van der Waals surface area (Å²) in [5.74, 6) is 0.296. The first-order valence-corrected chi connectivity index (χ1v) is 9.59. The van der Waals surface area contributed by atoms with Gasteiger partial charge in [-0.2, -0.15) is 0 Å². The van der Waals surface area contributed by atoms with Crippen LogP contribution in [0.25, 0.3) is 0 Å². The molecule has 0 bridgehead atoms. The first-order chi connectivity index (χ1) is 9.93. The van der Waals surface area contributed by atoms with E-state index in [0.717, 1.165) is 17.8 Å². The summed E-state index contributed by atoms with van der Waals surface area (Å²) >= 11 is 0. The van der Waals surface area contributed by atoms with Gasteiger partial charge in [-0.05, 0) is 37.7 Å². The molecular formula is C16H29NO4S. The Kier molecular flexibility index (Phi) is 4.68. The van der Waals surface area contributed by atoms with Crippen LogP contribution in [0.1, 0.15) is 66.7 Å². The third-order valence-corrected chi connectivity index (χ3v) is 6.12. The van der Waals surface area contributed by atoms with E-state index >= 15 is 0 Å². The molecule has 5 nitrogen and oxygen atoms in total. The van der Waals surface area contributed by atoms with Crippen molar-refractivity contribution in [3.05, 3.63) is 11.3 Å². The zero-order valence-corrected chi connectivity index (χ0v) is 15.1. The topological polar surface area (TPSA) is 78.6 Å². The number of allylic oxidation sites excluding steroid dienone is 1. The fourth-order valence-corrected chi connectivity index (χ4v) is 4.02. The molecule has 0 amide bonds. The molecule has 1 unspecified atom stereocenters. The predicted octanol–water partition coefficient (Wildman–Crippen LogP) is 3.06. The Bertz CT molecular complexity index is 547. The third kappa shape index (κ3) is 3.84. The Balaban J connectivity index is 2.22. The molecule has 1 heterocycles. The van der Waals surface area contributed by atoms with Gasteiger partial charge in [0.1, 0.15) is 5.76 Å². The predicted molar refractivity (Wildman–Crippen MR) is 86.5 cm³/mol. The van der Waals surface area contributed by atoms with E-state index in [1.165, 1.54) is 0 Å². The normalized spacial score (nSPS) is 33.6. The number of hydrogen-bond donors (Lipinski definition) is 1. The summed E-state index contributed by atoms with van der Waals surface area (Å²) in [6, 6.07) is 0. The molecule has 1 atom stereocenters. The summed E-state index contributed by atoms with van der Waals surface area (Å²) in [4.78, 5) is 0. The van der Waals surface area contributed by atoms with Gasteiger partial charge in [-0.15, -0.1) is 0 Å². The molecule has 1 saturated heterocycles. The van der Waals surface area contributed by atoms with Gasteiger partial charge in [-0.1, -0.05) is 20.8 Å². The van der Waals surface area contributed by atoms with Gasteiger partial charge in [0.15, 0.2) is 0 Å². The first kappa shape index (κ1) is 17.8. The molecule has 22 heavy (non-hydrogen) atoms. The highest BCUT2D eigenvalue weighted by Gasteiger charge is 2.48. The van der Waals surface area contributed by atoms with Gasteiger partial charge in [0.05, 0.1) is 11.4 Å². The minimum atomic E-state index is -3.48. The van der Waals surface area contributed by atoms with Crippen molar-refractivity contribution in [1.82, 2.24) is 0 Å². The summed E-state index contributed by atoms with van der Waals surface area (Å²) < 4.78 is 35.6. The molecule has 0 aromatic carbocycles. The van der Waals surface area contributed by atoms with Crippen LogP contribution < -0.4 is 5.14 Å². The van der Waals surface area contributed by atoms with Gasteiger partial charge in [0.25, 0.3) is 0 Å². The van der Waals surface area contributed by atoms with Crippen LogP contribution in [0.15, 0.2) is 11.3 Å². The standard InChI is InChI=1S/C16H29NO4S/c1-11(2)13-10-14(15(3,4)5)21-16(20-13)8-6-12(7-9-16)22(17,18)19/h12,14H,6-10H2,1-5H3,(H2,17,18,19). The smallest absolute Gasteiger partial charge is 0.211 e. The number of primary sulfonamides is 1. The molecule has 2 N–H and O–H groups in total. The maximum absolute atomic E-state index is 11.5. The molecule has 0 aromatic rings. The second-order valence-corrected chi connectivity index (χ2v) is 9.75. The fraction of sp³-hybridized carbons (Fsp3) is 0.875. The Morgan fingerprint density at radius 1 is 1.23 bits per heavy atom. The highest BCUT2D eigenvalue weighted by Crippen LogP contribution is 2.45. The van der Waals surface area contributed by atoms with Crippen molar-refractivity contribution in [1.29, 1.82) is 0 Å². The summed E-state index contributed by atoms with van der Waals surface area (Å²) in [5, 5.41) is 4.81. The fourth-order valence-electron chi connectivity index (χ4n) is 3.13. The number of hydrogen-bond acceptors (Lipinski definition) is 4. The Labute approximate surface area is 134 Å². The van der Waals surface area contributed by atoms with E-state index in [1.54, 1.807) is 0 Å². The molecular weight excluding hydrogens is 302 g/mol. The van der Waals surface area contributed by atoms with Crippen LogP contribution in [-0.2, 0) is 19.5 Å². The Hall–Kier alpha value is -0.590. The van der Waals surface area contributed by atoms with Crippen molar-refractivity contribution in [2.45, 2.75) is 83.9 Å². The van der Waals surface area contributed by atoms with Gasteiger partial charge >= 0.3 is 0 Å². The second kappa shape index (κ2) is 5.80. The lowest BCUT2D eigenvalue weighted by Crippen LogP contribution is -2.51. The van der Waals surface area contributed by atoms with Crippen LogP contribution in [0.4, 0.5) is 0 Å². The average molecular weight is 331 g/mol. The van der Waals surface area contributed by atoms with Gasteiger partial charge in [-0.25, -0.2) is 13.6 Å². The van der Waals surface area contributed by atoms with Crippen molar-refractivity contribution in [3.63, 3.8) is 0 Å². The van der Waals surface area contributed by atoms with Crippen molar-refractivity contribution >= 4 is 10.0 Å². The molecule has 128 valence electrons. The average Bonchev–Trinajstić information content (AvgIpc) is 2.36. The van der Waals surface area contributed by atoms with Crippen molar-refractivity contribution in [2.24, 2.45) is 10.6 Å². The molecule has 1 spiro atoms. The van der Waals surface area contributed by atoms with Crippen molar-refractivity contribution in [3.8, 4) is 0 Å². The monoisotopic (exact) mass is 331 g/mol. The number of nitrogens with two attached hydrogens (primary N) is 1. The summed E-state index contributed by atoms with van der Waals surface area (Å²) in [7, 11) is -3.48. The molecule has 1 aliphatic carbocycles. The summed E-state index contributed by atoms with van der Waals surface area (Å²) in [6.45, 7) is 10.6. The molecule has 2 aliphatic rings. The lowest BCUT2D eigenvalue weighted by atomic mass is 9.83. The number of rotatable bonds is 1. The molecule has 2 fully saturated rings. The minimum absolute atomic E-state index is 0.00821. The van der Waals surface area contributed by atoms with E-state index in [-0.39, 0.29) is 11.5 Å². The quantitative estimate of drug-likeness (QED) is 0.801. The van der Waals surface area contributed by atoms with E-state index in [9.17, 15) is 8.42 Å². The van der Waals surface area contributed by atoms with E-state index in [2.05, 4.69) is 20.8 Å². The van der Waals surface area contributed by atoms with E-state index < -0.39 is 21.1 Å². The maximum Gasteiger partial charge on any atom is 0.211 e. The second-order valence-electron chi connectivity index (χ2n) is 7.90. The van der Waals surface area contributed by atoms with Gasteiger partial charge in [0.2, 0.25) is 15.8 Å². The molecule has 0 radical (unpaired) electrons. The van der Waals surface area contributed by atoms with E-state index in [0.29, 0.717) is 25.7 Å². The van der Waals surface area contributed by atoms with Crippen LogP contribution in [-0.4, -0.2) is 25.6 Å². The third-order valence-electron chi connectivity index (χ3n) is 4.72. The minimum Gasteiger partial charge on any atom is -0.467 e. The van der Waals surface area contributed by atoms with E-state index in [1.807, 2.05) is 13.8 Å². The zero-order valence-electron chi connectivity index (χ0n) is 14.3. The SMILES string of the molecule is CC(C)=C1CC(C(C)(C)C)OC2(CCC(S(N)(=O)=O)CC2)O1. The lowest BCUT2D eigenvalue weighted by molar-refractivity contribution is -0.297. The number of ether oxygens (including phenoxy) is 2. The Morgan fingerprint density at radius 2 is 1.77 bits per heavy atom. The van der Waals surface area contributed by atoms with Crippen molar-refractivity contribution < 1.29 is 17.9 Å². The first-order valence-electron chi connectivity index (χ1n) is 7.98. The molecule has 1 saturated carbocycles. The number of sulfonamides is 1. The highest BCUT2D eigenvalue weighted by atomic mass is 32.2. The Morgan fingerprint density at radius 3 is 2.18 bits per heavy atom. The van der Waals surface area contributed by atoms with Crippen LogP contribution in [0, 0.1) is 5.41 Å². The van der Waals surface area contributed by atoms with Gasteiger partial charge < -0.3 is 9.47 Å². The maximum atomic E-state index is 11.5. The van der Waals surface area contributed by atoms with Gasteiger partial charge in [0, 0.05) is 19.3 Å². The molecule has 6 heteroatoms. The van der Waals surface area contributed by atoms with Crippen molar-refractivity contribution in [2.75, 3.05) is 0 Å². The zero-order chi connectivity index (χ0) is 16.8. The molecule has 1 aliphatic heterocycles.